The van der Waals surface area contributed by atoms with Crippen LogP contribution in [0.25, 0.3) is 0 Å². The number of amides is 2. The fraction of sp³-hybridized carbons (Fsp3) is 0.333. The third kappa shape index (κ3) is 9.41. The Kier molecular flexibility index (Phi) is 11.4. The summed E-state index contributed by atoms with van der Waals surface area (Å²) in [6, 6.07) is 22.6. The first-order valence-electron chi connectivity index (χ1n) is 12.4. The minimum atomic E-state index is -0.681. The van der Waals surface area contributed by atoms with Crippen molar-refractivity contribution in [3.63, 3.8) is 0 Å². The minimum absolute atomic E-state index is 0.107. The Morgan fingerprint density at radius 1 is 0.946 bits per heavy atom. The van der Waals surface area contributed by atoms with E-state index in [1.54, 1.807) is 28.8 Å². The lowest BCUT2D eigenvalue weighted by Gasteiger charge is -2.32. The maximum absolute atomic E-state index is 13.7. The predicted molar refractivity (Wildman–Crippen MR) is 156 cm³/mol. The molecule has 0 unspecified atom stereocenters. The quantitative estimate of drug-likeness (QED) is 0.262. The summed E-state index contributed by atoms with van der Waals surface area (Å²) in [4.78, 5) is 28.9. The predicted octanol–water partition coefficient (Wildman–Crippen LogP) is 6.95. The highest BCUT2D eigenvalue weighted by Crippen LogP contribution is 2.25. The fourth-order valence-corrected chi connectivity index (χ4v) is 5.28. The molecule has 3 rings (SSSR count). The second kappa shape index (κ2) is 14.5. The lowest BCUT2D eigenvalue weighted by Crippen LogP contribution is -2.51. The highest BCUT2D eigenvalue weighted by molar-refractivity contribution is 7.99. The largest absolute Gasteiger partial charge is 0.354 e. The zero-order chi connectivity index (χ0) is 26.8. The number of carbonyl (C=O) groups excluding carboxylic acids is 2. The topological polar surface area (TPSA) is 49.4 Å². The summed E-state index contributed by atoms with van der Waals surface area (Å²) >= 11 is 14.2. The molecule has 0 spiro atoms. The summed E-state index contributed by atoms with van der Waals surface area (Å²) in [5.74, 6) is 0.985. The number of nitrogens with zero attached hydrogens (tertiary/aromatic N) is 1. The summed E-state index contributed by atoms with van der Waals surface area (Å²) in [7, 11) is 0. The van der Waals surface area contributed by atoms with Gasteiger partial charge in [0, 0.05) is 35.3 Å². The standard InChI is InChI=1S/C30H34Cl2N2O2S/c1-21(2)17-33-30(36)28(15-23-9-5-4-6-10-23)34(18-25-12-13-26(31)16-27(25)32)29(35)20-37-19-24-11-7-8-22(3)14-24/h4-14,16,21,28H,15,17-20H2,1-3H3,(H,33,36)/t28-/m0/s1. The van der Waals surface area contributed by atoms with Crippen molar-refractivity contribution < 1.29 is 9.59 Å². The molecular formula is C30H34Cl2N2O2S. The molecule has 0 fully saturated rings. The lowest BCUT2D eigenvalue weighted by atomic mass is 10.0. The van der Waals surface area contributed by atoms with E-state index in [9.17, 15) is 9.59 Å². The monoisotopic (exact) mass is 556 g/mol. The molecule has 0 saturated heterocycles. The molecule has 0 saturated carbocycles. The molecular weight excluding hydrogens is 523 g/mol. The molecule has 1 N–H and O–H groups in total. The number of nitrogens with one attached hydrogen (secondary N) is 1. The smallest absolute Gasteiger partial charge is 0.243 e. The van der Waals surface area contributed by atoms with Crippen molar-refractivity contribution in [3.8, 4) is 0 Å². The van der Waals surface area contributed by atoms with Gasteiger partial charge < -0.3 is 10.2 Å². The number of benzene rings is 3. The van der Waals surface area contributed by atoms with Crippen molar-refractivity contribution in [1.29, 1.82) is 0 Å². The van der Waals surface area contributed by atoms with Crippen molar-refractivity contribution in [2.24, 2.45) is 5.92 Å². The molecule has 0 radical (unpaired) electrons. The molecule has 3 aromatic carbocycles. The average Bonchev–Trinajstić information content (AvgIpc) is 2.86. The Balaban J connectivity index is 1.87. The SMILES string of the molecule is Cc1cccc(CSCC(=O)N(Cc2ccc(Cl)cc2Cl)[C@@H](Cc2ccccc2)C(=O)NCC(C)C)c1. The molecule has 0 aliphatic rings. The molecule has 0 aromatic heterocycles. The van der Waals surface area contributed by atoms with Gasteiger partial charge in [0.1, 0.15) is 6.04 Å². The molecule has 1 atom stereocenters. The molecule has 37 heavy (non-hydrogen) atoms. The highest BCUT2D eigenvalue weighted by Gasteiger charge is 2.30. The Morgan fingerprint density at radius 3 is 2.35 bits per heavy atom. The number of carbonyl (C=O) groups is 2. The van der Waals surface area contributed by atoms with Crippen molar-refractivity contribution in [1.82, 2.24) is 10.2 Å². The lowest BCUT2D eigenvalue weighted by molar-refractivity contribution is -0.139. The van der Waals surface area contributed by atoms with Gasteiger partial charge in [0.05, 0.1) is 5.75 Å². The second-order valence-electron chi connectivity index (χ2n) is 9.58. The summed E-state index contributed by atoms with van der Waals surface area (Å²) in [5.41, 5.74) is 4.09. The van der Waals surface area contributed by atoms with E-state index in [0.29, 0.717) is 34.7 Å². The highest BCUT2D eigenvalue weighted by atomic mass is 35.5. The third-order valence-corrected chi connectivity index (χ3v) is 7.46. The molecule has 0 bridgehead atoms. The van der Waals surface area contributed by atoms with Gasteiger partial charge in [0.2, 0.25) is 11.8 Å². The Bertz CT molecular complexity index is 1190. The first kappa shape index (κ1) is 29.1. The van der Waals surface area contributed by atoms with E-state index in [0.717, 1.165) is 11.1 Å². The zero-order valence-corrected chi connectivity index (χ0v) is 23.9. The van der Waals surface area contributed by atoms with E-state index in [4.69, 9.17) is 23.2 Å². The van der Waals surface area contributed by atoms with Crippen molar-refractivity contribution in [2.75, 3.05) is 12.3 Å². The molecule has 0 aliphatic carbocycles. The molecule has 4 nitrogen and oxygen atoms in total. The Hall–Kier alpha value is -2.47. The van der Waals surface area contributed by atoms with Gasteiger partial charge in [-0.3, -0.25) is 9.59 Å². The van der Waals surface area contributed by atoms with E-state index < -0.39 is 6.04 Å². The van der Waals surface area contributed by atoms with Crippen LogP contribution in [0.15, 0.2) is 72.8 Å². The normalized spacial score (nSPS) is 11.8. The van der Waals surface area contributed by atoms with Crippen LogP contribution in [-0.4, -0.2) is 35.1 Å². The van der Waals surface area contributed by atoms with Gasteiger partial charge in [-0.2, -0.15) is 0 Å². The van der Waals surface area contributed by atoms with Crippen LogP contribution >= 0.6 is 35.0 Å². The number of rotatable bonds is 12. The van der Waals surface area contributed by atoms with Crippen molar-refractivity contribution >= 4 is 46.8 Å². The third-order valence-electron chi connectivity index (χ3n) is 5.89. The summed E-state index contributed by atoms with van der Waals surface area (Å²) < 4.78 is 0. The van der Waals surface area contributed by atoms with Gasteiger partial charge in [0.15, 0.2) is 0 Å². The van der Waals surface area contributed by atoms with Crippen LogP contribution in [0.4, 0.5) is 0 Å². The fourth-order valence-electron chi connectivity index (χ4n) is 3.95. The van der Waals surface area contributed by atoms with Crippen LogP contribution in [0.5, 0.6) is 0 Å². The van der Waals surface area contributed by atoms with Crippen LogP contribution < -0.4 is 5.32 Å². The zero-order valence-electron chi connectivity index (χ0n) is 21.5. The first-order chi connectivity index (χ1) is 17.7. The second-order valence-corrected chi connectivity index (χ2v) is 11.4. The summed E-state index contributed by atoms with van der Waals surface area (Å²) in [6.07, 6.45) is 0.407. The summed E-state index contributed by atoms with van der Waals surface area (Å²) in [5, 5.41) is 4.04. The van der Waals surface area contributed by atoms with E-state index >= 15 is 0 Å². The van der Waals surface area contributed by atoms with E-state index in [1.165, 1.54) is 11.1 Å². The number of halogens is 2. The number of aryl methyl sites for hydroxylation is 1. The van der Waals surface area contributed by atoms with Gasteiger partial charge >= 0.3 is 0 Å². The van der Waals surface area contributed by atoms with Crippen molar-refractivity contribution in [2.45, 2.75) is 45.5 Å². The molecule has 7 heteroatoms. The average molecular weight is 558 g/mol. The van der Waals surface area contributed by atoms with Crippen LogP contribution in [0.3, 0.4) is 0 Å². The number of thioether (sulfide) groups is 1. The van der Waals surface area contributed by atoms with E-state index in [1.807, 2.05) is 56.3 Å². The van der Waals surface area contributed by atoms with Crippen LogP contribution in [0.2, 0.25) is 10.0 Å². The number of hydrogen-bond acceptors (Lipinski definition) is 3. The van der Waals surface area contributed by atoms with Gasteiger partial charge in [-0.05, 0) is 41.7 Å². The Morgan fingerprint density at radius 2 is 1.68 bits per heavy atom. The minimum Gasteiger partial charge on any atom is -0.354 e. The van der Waals surface area contributed by atoms with E-state index in [2.05, 4.69) is 30.4 Å². The van der Waals surface area contributed by atoms with Gasteiger partial charge in [-0.1, -0.05) is 103 Å². The molecule has 0 heterocycles. The van der Waals surface area contributed by atoms with Gasteiger partial charge in [0.25, 0.3) is 0 Å². The summed E-state index contributed by atoms with van der Waals surface area (Å²) in [6.45, 7) is 6.90. The molecule has 3 aromatic rings. The number of hydrogen-bond donors (Lipinski definition) is 1. The van der Waals surface area contributed by atoms with Crippen LogP contribution in [0.1, 0.15) is 36.1 Å². The molecule has 196 valence electrons. The van der Waals surface area contributed by atoms with Gasteiger partial charge in [-0.25, -0.2) is 0 Å². The Labute approximate surface area is 234 Å². The first-order valence-corrected chi connectivity index (χ1v) is 14.3. The van der Waals surface area contributed by atoms with E-state index in [-0.39, 0.29) is 24.1 Å². The van der Waals surface area contributed by atoms with Crippen LogP contribution in [-0.2, 0) is 28.3 Å². The molecule has 2 amide bonds. The maximum atomic E-state index is 13.7. The van der Waals surface area contributed by atoms with Crippen molar-refractivity contribution in [3.05, 3.63) is 105 Å². The maximum Gasteiger partial charge on any atom is 0.243 e. The van der Waals surface area contributed by atoms with Gasteiger partial charge in [-0.15, -0.1) is 11.8 Å². The molecule has 0 aliphatic heterocycles. The van der Waals surface area contributed by atoms with Crippen LogP contribution in [0, 0.1) is 12.8 Å².